The maximum Gasteiger partial charge on any atom is 0.322 e. The number of hydrogen-bond donors (Lipinski definition) is 3. The van der Waals surface area contributed by atoms with Crippen molar-refractivity contribution in [2.45, 2.75) is 18.3 Å². The van der Waals surface area contributed by atoms with E-state index in [1.165, 1.54) is 0 Å². The number of benzene rings is 1. The van der Waals surface area contributed by atoms with Crippen molar-refractivity contribution in [2.24, 2.45) is 0 Å². The van der Waals surface area contributed by atoms with Crippen LogP contribution in [-0.2, 0) is 15.0 Å². The molecule has 0 unspecified atom stereocenters. The van der Waals surface area contributed by atoms with Crippen molar-refractivity contribution in [1.29, 1.82) is 0 Å². The summed E-state index contributed by atoms with van der Waals surface area (Å²) in [6.07, 6.45) is 1.50. The fraction of sp³-hybridized carbons (Fsp3) is 0.333. The highest BCUT2D eigenvalue weighted by molar-refractivity contribution is 5.93. The second kappa shape index (κ2) is 4.08. The molecular weight excluding hydrogens is 220 g/mol. The minimum Gasteiger partial charge on any atom is -0.480 e. The lowest BCUT2D eigenvalue weighted by atomic mass is 9.95. The van der Waals surface area contributed by atoms with Gasteiger partial charge in [-0.25, -0.2) is 0 Å². The van der Waals surface area contributed by atoms with Gasteiger partial charge in [0.15, 0.2) is 0 Å². The van der Waals surface area contributed by atoms with Crippen LogP contribution in [0.4, 0.5) is 5.69 Å². The SMILES string of the molecule is Nc1ccc(C2(C(=O)NCC(=O)O)CC2)cc1. The van der Waals surface area contributed by atoms with Crippen LogP contribution in [0.5, 0.6) is 0 Å². The number of nitrogen functional groups attached to an aromatic ring is 1. The van der Waals surface area contributed by atoms with Gasteiger partial charge in [-0.2, -0.15) is 0 Å². The lowest BCUT2D eigenvalue weighted by molar-refractivity contribution is -0.138. The third kappa shape index (κ3) is 2.22. The lowest BCUT2D eigenvalue weighted by Crippen LogP contribution is -2.37. The number of carbonyl (C=O) groups excluding carboxylic acids is 1. The number of aliphatic carboxylic acids is 1. The molecule has 0 spiro atoms. The molecule has 17 heavy (non-hydrogen) atoms. The molecule has 0 aromatic heterocycles. The maximum atomic E-state index is 11.9. The Morgan fingerprint density at radius 2 is 1.88 bits per heavy atom. The van der Waals surface area contributed by atoms with Gasteiger partial charge < -0.3 is 16.2 Å². The van der Waals surface area contributed by atoms with E-state index < -0.39 is 11.4 Å². The summed E-state index contributed by atoms with van der Waals surface area (Å²) in [5.41, 5.74) is 6.59. The van der Waals surface area contributed by atoms with Gasteiger partial charge in [0, 0.05) is 5.69 Å². The van der Waals surface area contributed by atoms with Gasteiger partial charge in [0.05, 0.1) is 5.41 Å². The van der Waals surface area contributed by atoms with Crippen LogP contribution in [0.15, 0.2) is 24.3 Å². The van der Waals surface area contributed by atoms with E-state index in [1.54, 1.807) is 12.1 Å². The molecule has 1 saturated carbocycles. The summed E-state index contributed by atoms with van der Waals surface area (Å²) < 4.78 is 0. The molecule has 90 valence electrons. The zero-order valence-corrected chi connectivity index (χ0v) is 9.27. The third-order valence-corrected chi connectivity index (χ3v) is 3.05. The topological polar surface area (TPSA) is 92.4 Å². The molecule has 0 atom stereocenters. The zero-order valence-electron chi connectivity index (χ0n) is 9.27. The lowest BCUT2D eigenvalue weighted by Gasteiger charge is -2.15. The van der Waals surface area contributed by atoms with Crippen LogP contribution in [0.2, 0.25) is 0 Å². The largest absolute Gasteiger partial charge is 0.480 e. The van der Waals surface area contributed by atoms with Gasteiger partial charge in [-0.3, -0.25) is 9.59 Å². The Labute approximate surface area is 98.6 Å². The van der Waals surface area contributed by atoms with Crippen LogP contribution in [0.25, 0.3) is 0 Å². The molecule has 0 saturated heterocycles. The molecule has 1 aliphatic carbocycles. The summed E-state index contributed by atoms with van der Waals surface area (Å²) in [7, 11) is 0. The van der Waals surface area contributed by atoms with Gasteiger partial charge in [-0.05, 0) is 30.5 Å². The molecule has 1 aromatic rings. The highest BCUT2D eigenvalue weighted by Gasteiger charge is 2.51. The van der Waals surface area contributed by atoms with E-state index in [2.05, 4.69) is 5.32 Å². The number of carboxylic acid groups (broad SMARTS) is 1. The summed E-state index contributed by atoms with van der Waals surface area (Å²) >= 11 is 0. The van der Waals surface area contributed by atoms with E-state index in [0.29, 0.717) is 5.69 Å². The Hall–Kier alpha value is -2.04. The van der Waals surface area contributed by atoms with Crippen molar-refractivity contribution in [3.63, 3.8) is 0 Å². The smallest absolute Gasteiger partial charge is 0.322 e. The van der Waals surface area contributed by atoms with E-state index >= 15 is 0 Å². The van der Waals surface area contributed by atoms with Crippen molar-refractivity contribution in [2.75, 3.05) is 12.3 Å². The molecule has 1 amide bonds. The maximum absolute atomic E-state index is 11.9. The Morgan fingerprint density at radius 3 is 2.35 bits per heavy atom. The molecule has 1 fully saturated rings. The molecule has 0 bridgehead atoms. The number of anilines is 1. The highest BCUT2D eigenvalue weighted by Crippen LogP contribution is 2.48. The van der Waals surface area contributed by atoms with Crippen LogP contribution < -0.4 is 11.1 Å². The van der Waals surface area contributed by atoms with E-state index in [0.717, 1.165) is 18.4 Å². The summed E-state index contributed by atoms with van der Waals surface area (Å²) in [6, 6.07) is 7.14. The van der Waals surface area contributed by atoms with Gasteiger partial charge >= 0.3 is 5.97 Å². The number of nitrogens with one attached hydrogen (secondary N) is 1. The summed E-state index contributed by atoms with van der Waals surface area (Å²) in [6.45, 7) is -0.338. The van der Waals surface area contributed by atoms with Crippen LogP contribution in [0, 0.1) is 0 Å². The van der Waals surface area contributed by atoms with E-state index in [-0.39, 0.29) is 12.5 Å². The number of carboxylic acids is 1. The number of amides is 1. The van der Waals surface area contributed by atoms with Gasteiger partial charge in [0.2, 0.25) is 5.91 Å². The van der Waals surface area contributed by atoms with Crippen LogP contribution in [0.3, 0.4) is 0 Å². The Bertz CT molecular complexity index is 449. The van der Waals surface area contributed by atoms with Crippen molar-refractivity contribution < 1.29 is 14.7 Å². The molecule has 0 heterocycles. The van der Waals surface area contributed by atoms with Gasteiger partial charge in [-0.15, -0.1) is 0 Å². The predicted octanol–water partition coefficient (Wildman–Crippen LogP) is 0.501. The van der Waals surface area contributed by atoms with Crippen LogP contribution in [0.1, 0.15) is 18.4 Å². The third-order valence-electron chi connectivity index (χ3n) is 3.05. The van der Waals surface area contributed by atoms with E-state index in [9.17, 15) is 9.59 Å². The van der Waals surface area contributed by atoms with Crippen LogP contribution >= 0.6 is 0 Å². The number of hydrogen-bond acceptors (Lipinski definition) is 3. The van der Waals surface area contributed by atoms with Gasteiger partial charge in [0.25, 0.3) is 0 Å². The monoisotopic (exact) mass is 234 g/mol. The Balaban J connectivity index is 2.11. The molecular formula is C12H14N2O3. The average molecular weight is 234 g/mol. The first-order valence-corrected chi connectivity index (χ1v) is 5.41. The average Bonchev–Trinajstić information content (AvgIpc) is 3.08. The number of carbonyl (C=O) groups is 2. The van der Waals surface area contributed by atoms with Gasteiger partial charge in [-0.1, -0.05) is 12.1 Å². The molecule has 0 aliphatic heterocycles. The normalized spacial score (nSPS) is 16.2. The first-order chi connectivity index (χ1) is 8.04. The zero-order chi connectivity index (χ0) is 12.5. The fourth-order valence-electron chi connectivity index (χ4n) is 1.90. The highest BCUT2D eigenvalue weighted by atomic mass is 16.4. The van der Waals surface area contributed by atoms with Crippen molar-refractivity contribution in [1.82, 2.24) is 5.32 Å². The molecule has 1 aliphatic rings. The standard InChI is InChI=1S/C12H14N2O3/c13-9-3-1-8(2-4-9)12(5-6-12)11(17)14-7-10(15)16/h1-4H,5-7,13H2,(H,14,17)(H,15,16). The van der Waals surface area contributed by atoms with E-state index in [1.807, 2.05) is 12.1 Å². The predicted molar refractivity (Wildman–Crippen MR) is 62.4 cm³/mol. The van der Waals surface area contributed by atoms with Crippen molar-refractivity contribution in [3.05, 3.63) is 29.8 Å². The summed E-state index contributed by atoms with van der Waals surface area (Å²) in [4.78, 5) is 22.3. The second-order valence-corrected chi connectivity index (χ2v) is 4.28. The molecule has 1 aromatic carbocycles. The first kappa shape index (κ1) is 11.4. The van der Waals surface area contributed by atoms with Crippen molar-refractivity contribution in [3.8, 4) is 0 Å². The number of rotatable bonds is 4. The van der Waals surface area contributed by atoms with E-state index in [4.69, 9.17) is 10.8 Å². The van der Waals surface area contributed by atoms with Gasteiger partial charge in [0.1, 0.15) is 6.54 Å². The fourth-order valence-corrected chi connectivity index (χ4v) is 1.90. The number of nitrogens with two attached hydrogens (primary N) is 1. The quantitative estimate of drug-likeness (QED) is 0.661. The molecule has 5 heteroatoms. The summed E-state index contributed by atoms with van der Waals surface area (Å²) in [5, 5.41) is 11.0. The minimum absolute atomic E-state index is 0.218. The molecule has 2 rings (SSSR count). The molecule has 5 nitrogen and oxygen atoms in total. The Kier molecular flexibility index (Phi) is 2.75. The first-order valence-electron chi connectivity index (χ1n) is 5.41. The second-order valence-electron chi connectivity index (χ2n) is 4.28. The molecule has 0 radical (unpaired) electrons. The van der Waals surface area contributed by atoms with Crippen LogP contribution in [-0.4, -0.2) is 23.5 Å². The molecule has 4 N–H and O–H groups in total. The Morgan fingerprint density at radius 1 is 1.29 bits per heavy atom. The minimum atomic E-state index is -1.04. The summed E-state index contributed by atoms with van der Waals surface area (Å²) in [5.74, 6) is -1.25. The van der Waals surface area contributed by atoms with Crippen molar-refractivity contribution >= 4 is 17.6 Å².